The van der Waals surface area contributed by atoms with Crippen molar-refractivity contribution in [3.05, 3.63) is 140 Å². The van der Waals surface area contributed by atoms with Gasteiger partial charge in [0.25, 0.3) is 0 Å². The van der Waals surface area contributed by atoms with E-state index in [-0.39, 0.29) is 45.3 Å². The van der Waals surface area contributed by atoms with Crippen molar-refractivity contribution < 1.29 is 27.3 Å². The van der Waals surface area contributed by atoms with E-state index in [0.717, 1.165) is 33.4 Å². The first-order valence-electron chi connectivity index (χ1n) is 24.5. The zero-order valence-corrected chi connectivity index (χ0v) is 50.3. The molecule has 0 aliphatic heterocycles. The summed E-state index contributed by atoms with van der Waals surface area (Å²) in [5, 5.41) is 20.9. The van der Waals surface area contributed by atoms with E-state index >= 15 is 0 Å². The van der Waals surface area contributed by atoms with Crippen molar-refractivity contribution in [2.24, 2.45) is 0 Å². The van der Waals surface area contributed by atoms with Gasteiger partial charge in [-0.05, 0) is 159 Å². The fourth-order valence-electron chi connectivity index (χ4n) is 7.39. The summed E-state index contributed by atoms with van der Waals surface area (Å²) in [6, 6.07) is 22.0. The van der Waals surface area contributed by atoms with E-state index in [9.17, 15) is 9.59 Å². The normalized spacial score (nSPS) is 13.4. The average Bonchev–Trinajstić information content (AvgIpc) is 4.01. The van der Waals surface area contributed by atoms with Crippen LogP contribution in [-0.4, -0.2) is 60.4 Å². The highest BCUT2D eigenvalue weighted by Crippen LogP contribution is 2.43. The highest BCUT2D eigenvalue weighted by Gasteiger charge is 2.42. The van der Waals surface area contributed by atoms with Crippen LogP contribution in [0.2, 0.25) is 46.3 Å². The Morgan fingerprint density at radius 2 is 1.00 bits per heavy atom. The topological polar surface area (TPSA) is 177 Å². The molecule has 0 aliphatic rings. The van der Waals surface area contributed by atoms with Crippen LogP contribution in [0, 0.1) is 27.0 Å². The number of hydrogen-bond donors (Lipinski definition) is 2. The molecular formula is C56H71Cl3N8O6Si2. The zero-order valence-electron chi connectivity index (χ0n) is 46.0. The summed E-state index contributed by atoms with van der Waals surface area (Å²) in [6.07, 6.45) is 0.806. The molecule has 3 N–H and O–H groups in total. The first-order valence-corrected chi connectivity index (χ1v) is 31.5. The van der Waals surface area contributed by atoms with Crippen LogP contribution in [0.1, 0.15) is 115 Å². The highest BCUT2D eigenvalue weighted by atomic mass is 35.5. The molecule has 19 heteroatoms. The number of carbonyl (C=O) groups excluding carboxylic acids is 2. The summed E-state index contributed by atoms with van der Waals surface area (Å²) in [7, 11) is -4.14. The van der Waals surface area contributed by atoms with Gasteiger partial charge in [-0.15, -0.1) is 20.4 Å². The summed E-state index contributed by atoms with van der Waals surface area (Å²) in [5.41, 5.74) is 13.4. The molecule has 4 atom stereocenters. The fourth-order valence-corrected chi connectivity index (χ4v) is 10.7. The predicted molar refractivity (Wildman–Crippen MR) is 308 cm³/mol. The molecule has 2 heterocycles. The van der Waals surface area contributed by atoms with Crippen LogP contribution >= 0.6 is 34.8 Å². The van der Waals surface area contributed by atoms with E-state index in [1.807, 2.05) is 62.4 Å². The molecule has 6 aromatic rings. The molecule has 0 saturated carbocycles. The van der Waals surface area contributed by atoms with Gasteiger partial charge in [-0.1, -0.05) is 89.0 Å². The Morgan fingerprint density at radius 1 is 0.653 bits per heavy atom. The van der Waals surface area contributed by atoms with E-state index in [1.54, 1.807) is 24.3 Å². The lowest BCUT2D eigenvalue weighted by atomic mass is 9.92. The van der Waals surface area contributed by atoms with E-state index in [4.69, 9.17) is 59.8 Å². The minimum atomic E-state index is -2.09. The maximum absolute atomic E-state index is 11.3. The lowest BCUT2D eigenvalue weighted by Gasteiger charge is -2.40. The van der Waals surface area contributed by atoms with Crippen LogP contribution in [0.15, 0.2) is 81.6 Å². The van der Waals surface area contributed by atoms with Gasteiger partial charge in [-0.25, -0.2) is 9.69 Å². The number of anilines is 2. The number of nitrogens with zero attached hydrogens (tertiary/aromatic N) is 6. The smallest absolute Gasteiger partial charge is 0.247 e. The van der Waals surface area contributed by atoms with Crippen molar-refractivity contribution in [2.45, 2.75) is 156 Å². The predicted octanol–water partition coefficient (Wildman–Crippen LogP) is 16.3. The molecule has 400 valence electrons. The number of benzene rings is 4. The summed E-state index contributed by atoms with van der Waals surface area (Å²) in [4.78, 5) is 27.6. The number of nitrogens with two attached hydrogens (primary N) is 1. The maximum Gasteiger partial charge on any atom is 0.247 e. The molecule has 0 aliphatic carbocycles. The minimum Gasteiger partial charge on any atom is -0.420 e. The number of rotatable bonds is 15. The van der Waals surface area contributed by atoms with Gasteiger partial charge in [0.15, 0.2) is 16.6 Å². The molecule has 14 nitrogen and oxygen atoms in total. The third-order valence-corrected chi connectivity index (χ3v) is 24.0. The minimum absolute atomic E-state index is 0.0397. The first-order chi connectivity index (χ1) is 34.8. The van der Waals surface area contributed by atoms with E-state index < -0.39 is 16.6 Å². The van der Waals surface area contributed by atoms with Crippen LogP contribution < -0.4 is 11.1 Å². The SMILES string of the molecule is CC(=O)Cl.[C-]#[N+]c1ccc(C[C@@H](c2nnc(-c3ccc(N)cc3)o2)[C@H](C)O[Si](C)(C)C(C)(C)C)c(C)c1Cl.[C-]#[N+]c1ccc(C[C@@H](c2nnc(-c3ccc(NC(C)=O)cc3)o2)[C@H](C)O[Si](C)(C)C(C)(C)C)c(C)c1Cl. The quantitative estimate of drug-likeness (QED) is 0.0433. The molecule has 0 fully saturated rings. The molecular weight excluding hydrogens is 1040 g/mol. The molecule has 0 unspecified atom stereocenters. The first kappa shape index (κ1) is 61.8. The second-order valence-corrected chi connectivity index (χ2v) is 32.4. The molecule has 0 radical (unpaired) electrons. The standard InChI is InChI=1S/C28H35ClN4O3Si.C26H33ClN4O2Si.C2H3ClO/c1-17-21(12-15-24(30-7)25(17)29)16-23(18(2)36-37(8,9)28(4,5)6)27-33-32-26(35-27)20-10-13-22(14-11-20)31-19(3)34;1-16-19(11-14-22(29-6)23(16)27)15-21(17(2)33-34(7,8)26(3,4)5)25-31-30-24(32-25)18-9-12-20(28)13-10-18;1-2(3)4/h10-15,18,23H,16H2,1-6,8-9H3,(H,31,34);9-14,17,21H,15,28H2,1-5,7-8H3;1H3/t18-,23+;17-,21+;/m00./s1. The Morgan fingerprint density at radius 3 is 1.32 bits per heavy atom. The molecule has 4 aromatic carbocycles. The second-order valence-electron chi connectivity index (χ2n) is 21.6. The van der Waals surface area contributed by atoms with E-state index in [2.05, 4.69) is 129 Å². The Balaban J connectivity index is 0.000000304. The second kappa shape index (κ2) is 25.9. The average molecular weight is 1110 g/mol. The van der Waals surface area contributed by atoms with E-state index in [1.165, 1.54) is 13.8 Å². The molecule has 2 aromatic heterocycles. The van der Waals surface area contributed by atoms with E-state index in [0.29, 0.717) is 69.2 Å². The van der Waals surface area contributed by atoms with Crippen LogP contribution in [0.4, 0.5) is 22.7 Å². The Bertz CT molecular complexity index is 3000. The molecule has 75 heavy (non-hydrogen) atoms. The number of hydrogen-bond acceptors (Lipinski definition) is 11. The zero-order chi connectivity index (χ0) is 56.4. The van der Waals surface area contributed by atoms with Gasteiger partial charge >= 0.3 is 0 Å². The monoisotopic (exact) mass is 1110 g/mol. The number of amides is 1. The van der Waals surface area contributed by atoms with Crippen molar-refractivity contribution in [1.29, 1.82) is 0 Å². The van der Waals surface area contributed by atoms with Gasteiger partial charge in [0, 0.05) is 36.3 Å². The number of aromatic nitrogens is 4. The van der Waals surface area contributed by atoms with Gasteiger partial charge < -0.3 is 28.7 Å². The van der Waals surface area contributed by atoms with Crippen LogP contribution in [-0.2, 0) is 31.3 Å². The van der Waals surface area contributed by atoms with Gasteiger partial charge in [-0.2, -0.15) is 0 Å². The summed E-state index contributed by atoms with van der Waals surface area (Å²) in [5.74, 6) is 1.30. The molecule has 0 bridgehead atoms. The number of halogens is 3. The van der Waals surface area contributed by atoms with Crippen molar-refractivity contribution in [3.8, 4) is 22.9 Å². The maximum atomic E-state index is 11.3. The summed E-state index contributed by atoms with van der Waals surface area (Å²) < 4.78 is 25.9. The summed E-state index contributed by atoms with van der Waals surface area (Å²) >= 11 is 17.6. The van der Waals surface area contributed by atoms with Gasteiger partial charge in [0.05, 0.1) is 47.2 Å². The summed E-state index contributed by atoms with van der Waals surface area (Å²) in [6.45, 7) is 47.7. The van der Waals surface area contributed by atoms with Crippen molar-refractivity contribution >= 4 is 85.3 Å². The third kappa shape index (κ3) is 16.6. The third-order valence-electron chi connectivity index (χ3n) is 13.9. The number of nitrogens with one attached hydrogen (secondary N) is 1. The Labute approximate surface area is 460 Å². The van der Waals surface area contributed by atoms with Gasteiger partial charge in [-0.3, -0.25) is 9.59 Å². The van der Waals surface area contributed by atoms with Crippen LogP contribution in [0.25, 0.3) is 32.6 Å². The fraction of sp³-hybridized carbons (Fsp3) is 0.429. The van der Waals surface area contributed by atoms with Crippen molar-refractivity contribution in [2.75, 3.05) is 11.1 Å². The number of nitrogen functional groups attached to an aromatic ring is 1. The largest absolute Gasteiger partial charge is 0.420 e. The number of carbonyl (C=O) groups is 2. The molecule has 6 rings (SSSR count). The van der Waals surface area contributed by atoms with Crippen molar-refractivity contribution in [1.82, 2.24) is 20.4 Å². The van der Waals surface area contributed by atoms with Gasteiger partial charge in [0.1, 0.15) is 0 Å². The Kier molecular flexibility index (Phi) is 21.4. The molecule has 1 amide bonds. The van der Waals surface area contributed by atoms with Crippen molar-refractivity contribution in [3.63, 3.8) is 0 Å². The molecule has 0 spiro atoms. The highest BCUT2D eigenvalue weighted by molar-refractivity contribution is 6.74. The Hall–Kier alpha value is -5.70. The lowest BCUT2D eigenvalue weighted by molar-refractivity contribution is -0.114. The van der Waals surface area contributed by atoms with Gasteiger partial charge in [0.2, 0.25) is 46.1 Å². The molecule has 0 saturated heterocycles. The van der Waals surface area contributed by atoms with Crippen LogP contribution in [0.3, 0.4) is 0 Å². The lowest BCUT2D eigenvalue weighted by Crippen LogP contribution is -2.44. The van der Waals surface area contributed by atoms with Crippen LogP contribution in [0.5, 0.6) is 0 Å².